The van der Waals surface area contributed by atoms with Gasteiger partial charge >= 0.3 is 0 Å². The molecule has 1 aromatic carbocycles. The third kappa shape index (κ3) is 10.2. The Balaban J connectivity index is 1.54. The van der Waals surface area contributed by atoms with Gasteiger partial charge in [0.25, 0.3) is 0 Å². The van der Waals surface area contributed by atoms with Crippen molar-refractivity contribution in [3.8, 4) is 11.1 Å². The highest BCUT2D eigenvalue weighted by Crippen LogP contribution is 2.33. The first-order valence-corrected chi connectivity index (χ1v) is 25.2. The summed E-state index contributed by atoms with van der Waals surface area (Å²) >= 11 is 0. The number of fused-ring (bicyclic) bond motifs is 2. The molecule has 14 heteroatoms. The highest BCUT2D eigenvalue weighted by molar-refractivity contribution is 6.76. The topological polar surface area (TPSA) is 112 Å². The Kier molecular flexibility index (Phi) is 11.7. The van der Waals surface area contributed by atoms with E-state index in [4.69, 9.17) is 29.0 Å². The van der Waals surface area contributed by atoms with Gasteiger partial charge in [-0.15, -0.1) is 0 Å². The smallest absolute Gasteiger partial charge is 0.231 e. The van der Waals surface area contributed by atoms with Gasteiger partial charge in [0.15, 0.2) is 11.4 Å². The molecular weight excluding hydrogens is 684 g/mol. The number of rotatable bonds is 15. The second-order valence-corrected chi connectivity index (χ2v) is 28.1. The van der Waals surface area contributed by atoms with Crippen molar-refractivity contribution in [1.82, 2.24) is 24.9 Å². The maximum absolute atomic E-state index is 14.2. The van der Waals surface area contributed by atoms with E-state index in [1.54, 1.807) is 23.0 Å². The Labute approximate surface area is 303 Å². The molecule has 1 amide bonds. The zero-order valence-electron chi connectivity index (χ0n) is 31.9. The van der Waals surface area contributed by atoms with Crippen LogP contribution in [0.2, 0.25) is 51.4 Å². The number of ether oxygens (including phenoxy) is 4. The summed E-state index contributed by atoms with van der Waals surface area (Å²) in [7, 11) is -2.63. The molecule has 5 rings (SSSR count). The first-order valence-electron chi connectivity index (χ1n) is 17.8. The molecule has 0 radical (unpaired) electrons. The van der Waals surface area contributed by atoms with Crippen LogP contribution < -0.4 is 10.2 Å². The van der Waals surface area contributed by atoms with E-state index in [-0.39, 0.29) is 38.4 Å². The van der Waals surface area contributed by atoms with E-state index in [0.29, 0.717) is 41.3 Å². The number of carbonyl (C=O) groups excluding carboxylic acids is 1. The molecule has 0 saturated carbocycles. The Morgan fingerprint density at radius 3 is 2.22 bits per heavy atom. The van der Waals surface area contributed by atoms with E-state index in [9.17, 15) is 9.18 Å². The lowest BCUT2D eigenvalue weighted by atomic mass is 9.90. The van der Waals surface area contributed by atoms with E-state index < -0.39 is 33.4 Å². The quantitative estimate of drug-likeness (QED) is 0.0754. The molecule has 0 aliphatic carbocycles. The number of anilines is 1. The van der Waals surface area contributed by atoms with Crippen LogP contribution in [0, 0.1) is 11.2 Å². The summed E-state index contributed by atoms with van der Waals surface area (Å²) < 4.78 is 40.3. The summed E-state index contributed by atoms with van der Waals surface area (Å²) in [5.74, 6) is -0.560. The molecule has 1 unspecified atom stereocenters. The number of aromatic nitrogens is 4. The summed E-state index contributed by atoms with van der Waals surface area (Å²) in [5, 5.41) is 8.64. The van der Waals surface area contributed by atoms with E-state index in [0.717, 1.165) is 23.2 Å². The fourth-order valence-electron chi connectivity index (χ4n) is 5.47. The number of hydrogen-bond acceptors (Lipinski definition) is 9. The van der Waals surface area contributed by atoms with Crippen molar-refractivity contribution in [2.75, 3.05) is 44.8 Å². The molecule has 1 aliphatic heterocycles. The maximum Gasteiger partial charge on any atom is 0.231 e. The van der Waals surface area contributed by atoms with Crippen LogP contribution in [0.15, 0.2) is 42.7 Å². The normalized spacial score (nSPS) is 16.8. The molecule has 0 bridgehead atoms. The van der Waals surface area contributed by atoms with Gasteiger partial charge in [-0.1, -0.05) is 39.3 Å². The average Bonchev–Trinajstić information content (AvgIpc) is 3.48. The van der Waals surface area contributed by atoms with Crippen LogP contribution in [-0.4, -0.2) is 87.3 Å². The van der Waals surface area contributed by atoms with Gasteiger partial charge in [-0.25, -0.2) is 9.37 Å². The minimum Gasteiger partial charge on any atom is -0.361 e. The van der Waals surface area contributed by atoms with Gasteiger partial charge in [-0.05, 0) is 64.0 Å². The van der Waals surface area contributed by atoms with Gasteiger partial charge in [0.2, 0.25) is 5.91 Å². The Morgan fingerprint density at radius 1 is 0.980 bits per heavy atom. The number of halogens is 1. The van der Waals surface area contributed by atoms with Crippen molar-refractivity contribution in [3.05, 3.63) is 54.2 Å². The van der Waals surface area contributed by atoms with Crippen LogP contribution in [0.3, 0.4) is 0 Å². The molecule has 4 aromatic rings. The largest absolute Gasteiger partial charge is 0.361 e. The van der Waals surface area contributed by atoms with Crippen molar-refractivity contribution in [3.63, 3.8) is 0 Å². The molecule has 1 N–H and O–H groups in total. The monoisotopic (exact) mass is 738 g/mol. The maximum atomic E-state index is 14.2. The number of nitrogens with one attached hydrogen (secondary N) is 1. The minimum atomic E-state index is -1.32. The first kappa shape index (κ1) is 38.9. The second-order valence-electron chi connectivity index (χ2n) is 16.9. The Morgan fingerprint density at radius 2 is 1.61 bits per heavy atom. The molecule has 51 heavy (non-hydrogen) atoms. The summed E-state index contributed by atoms with van der Waals surface area (Å²) in [5.41, 5.74) is 2.47. The zero-order chi connectivity index (χ0) is 37.2. The molecule has 1 atom stereocenters. The average molecular weight is 739 g/mol. The minimum absolute atomic E-state index is 0.190. The SMILES string of the molecule is CC(NC(=O)C1(C)COC(C)(C)OC1)c1cc(N(COCC[Si](C)(C)C)COCC[Si](C)(C)C)n2ncc(-c3cnc4ccc(F)cc4c3)c2n1. The lowest BCUT2D eigenvalue weighted by Crippen LogP contribution is -2.53. The van der Waals surface area contributed by atoms with Crippen LogP contribution in [0.25, 0.3) is 27.7 Å². The van der Waals surface area contributed by atoms with Crippen molar-refractivity contribution in [2.45, 2.75) is 90.9 Å². The molecule has 1 saturated heterocycles. The highest BCUT2D eigenvalue weighted by Gasteiger charge is 2.42. The lowest BCUT2D eigenvalue weighted by molar-refractivity contribution is -0.277. The number of benzene rings is 1. The molecule has 1 fully saturated rings. The van der Waals surface area contributed by atoms with E-state index in [2.05, 4.69) is 49.6 Å². The first-order chi connectivity index (χ1) is 23.8. The van der Waals surface area contributed by atoms with E-state index in [1.165, 1.54) is 12.1 Å². The summed E-state index contributed by atoms with van der Waals surface area (Å²) in [6.45, 7) is 23.7. The van der Waals surface area contributed by atoms with Crippen molar-refractivity contribution in [1.29, 1.82) is 0 Å². The lowest BCUT2D eigenvalue weighted by Gasteiger charge is -2.40. The van der Waals surface area contributed by atoms with Crippen LogP contribution in [0.1, 0.15) is 39.4 Å². The van der Waals surface area contributed by atoms with Crippen LogP contribution in [0.5, 0.6) is 0 Å². The summed E-state index contributed by atoms with van der Waals surface area (Å²) in [6, 6.07) is 9.94. The molecule has 4 heterocycles. The fourth-order valence-corrected chi connectivity index (χ4v) is 6.98. The predicted octanol–water partition coefficient (Wildman–Crippen LogP) is 7.48. The summed E-state index contributed by atoms with van der Waals surface area (Å²) in [4.78, 5) is 25.4. The predicted molar refractivity (Wildman–Crippen MR) is 205 cm³/mol. The van der Waals surface area contributed by atoms with Crippen molar-refractivity contribution >= 4 is 44.4 Å². The third-order valence-corrected chi connectivity index (χ3v) is 12.5. The van der Waals surface area contributed by atoms with Crippen molar-refractivity contribution < 1.29 is 28.1 Å². The van der Waals surface area contributed by atoms with Gasteiger partial charge < -0.3 is 29.2 Å². The fraction of sp³-hybridized carbons (Fsp3) is 0.568. The molecular formula is C37H55FN6O5Si2. The molecule has 3 aromatic heterocycles. The number of amides is 1. The summed E-state index contributed by atoms with van der Waals surface area (Å²) in [6.07, 6.45) is 3.50. The Bertz CT molecular complexity index is 1810. The van der Waals surface area contributed by atoms with Gasteiger partial charge in [0.1, 0.15) is 25.1 Å². The zero-order valence-corrected chi connectivity index (χ0v) is 33.9. The number of carbonyl (C=O) groups is 1. The molecule has 1 aliphatic rings. The Hall–Kier alpha value is -3.28. The standard InChI is InChI=1S/C37H55FN6O5Si2/c1-26(41-35(45)37(4)22-48-36(2,3)49-23-37)32-19-33(43(24-46-13-15-50(5,6)7)25-47-14-16-51(8,9)10)44-34(42-32)30(21-40-44)28-17-27-18-29(38)11-12-31(27)39-20-28/h11-12,17-21,26H,13-16,22-25H2,1-10H3,(H,41,45). The third-order valence-electron chi connectivity index (χ3n) is 9.05. The second kappa shape index (κ2) is 15.4. The van der Waals surface area contributed by atoms with Gasteiger partial charge in [0.05, 0.1) is 42.1 Å². The van der Waals surface area contributed by atoms with E-state index >= 15 is 0 Å². The van der Waals surface area contributed by atoms with Crippen LogP contribution in [-0.2, 0) is 23.7 Å². The highest BCUT2D eigenvalue weighted by atomic mass is 28.3. The number of hydrogen-bond donors (Lipinski definition) is 1. The van der Waals surface area contributed by atoms with Crippen molar-refractivity contribution in [2.24, 2.45) is 5.41 Å². The molecule has 11 nitrogen and oxygen atoms in total. The number of nitrogens with zero attached hydrogens (tertiary/aromatic N) is 5. The van der Waals surface area contributed by atoms with Crippen LogP contribution in [0.4, 0.5) is 10.2 Å². The molecule has 278 valence electrons. The van der Waals surface area contributed by atoms with Gasteiger partial charge in [0, 0.05) is 58.1 Å². The molecule has 0 spiro atoms. The number of pyridine rings is 1. The van der Waals surface area contributed by atoms with Crippen LogP contribution >= 0.6 is 0 Å². The van der Waals surface area contributed by atoms with Gasteiger partial charge in [-0.3, -0.25) is 9.78 Å². The van der Waals surface area contributed by atoms with E-state index in [1.807, 2.05) is 44.7 Å². The van der Waals surface area contributed by atoms with Gasteiger partial charge in [-0.2, -0.15) is 9.61 Å².